The number of benzene rings is 3. The lowest BCUT2D eigenvalue weighted by atomic mass is 10.2. The number of anilines is 9. The third kappa shape index (κ3) is 10.4. The van der Waals surface area contributed by atoms with E-state index in [1.807, 2.05) is 41.5 Å². The van der Waals surface area contributed by atoms with Gasteiger partial charge in [0.15, 0.2) is 0 Å². The average Bonchev–Trinajstić information content (AvgIpc) is 2.79. The number of aliphatic imine (C=N–C) groups is 3. The van der Waals surface area contributed by atoms with Crippen molar-refractivity contribution >= 4 is 85.4 Å². The van der Waals surface area contributed by atoms with Crippen LogP contribution in [0.3, 0.4) is 0 Å². The van der Waals surface area contributed by atoms with Crippen molar-refractivity contribution in [3.05, 3.63) is 36.4 Å². The molecule has 12 heteroatoms. The van der Waals surface area contributed by atoms with E-state index in [1.54, 1.807) is 36.4 Å². The maximum absolute atomic E-state index is 5.88. The molecule has 0 aliphatic rings. The highest BCUT2D eigenvalue weighted by Gasteiger charge is 2.05. The Bertz CT molecular complexity index is 1300. The molecule has 0 aromatic heterocycles. The molecule has 0 fully saturated rings. The predicted molar refractivity (Wildman–Crippen MR) is 174 cm³/mol. The van der Waals surface area contributed by atoms with Crippen molar-refractivity contribution < 1.29 is 0 Å². The fourth-order valence-corrected chi connectivity index (χ4v) is 2.93. The molecule has 0 unspecified atom stereocenters. The van der Waals surface area contributed by atoms with Gasteiger partial charge in [0.1, 0.15) is 0 Å². The van der Waals surface area contributed by atoms with Gasteiger partial charge >= 0.3 is 0 Å². The second-order valence-corrected chi connectivity index (χ2v) is 9.30. The van der Waals surface area contributed by atoms with Crippen LogP contribution in [0.25, 0.3) is 0 Å². The van der Waals surface area contributed by atoms with Gasteiger partial charge in [0.25, 0.3) is 0 Å². The van der Waals surface area contributed by atoms with Gasteiger partial charge in [-0.3, -0.25) is 15.0 Å². The van der Waals surface area contributed by atoms with Gasteiger partial charge in [-0.1, -0.05) is 0 Å². The largest absolute Gasteiger partial charge is 0.397 e. The third-order valence-corrected chi connectivity index (χ3v) is 4.73. The summed E-state index contributed by atoms with van der Waals surface area (Å²) in [7, 11) is 0. The molecular formula is C27H42N12. The average molecular weight is 535 g/mol. The van der Waals surface area contributed by atoms with Crippen molar-refractivity contribution in [1.29, 1.82) is 0 Å². The number of nitrogens with two attached hydrogens (primary N) is 9. The van der Waals surface area contributed by atoms with Crippen LogP contribution in [-0.2, 0) is 0 Å². The highest BCUT2D eigenvalue weighted by molar-refractivity contribution is 5.90. The summed E-state index contributed by atoms with van der Waals surface area (Å²) in [6.07, 6.45) is 0. The fourth-order valence-electron chi connectivity index (χ4n) is 2.93. The van der Waals surface area contributed by atoms with E-state index in [0.717, 1.165) is 17.1 Å². The fraction of sp³-hybridized carbons (Fsp3) is 0.222. The number of hydrogen-bond donors (Lipinski definition) is 9. The van der Waals surface area contributed by atoms with Gasteiger partial charge in [-0.25, -0.2) is 0 Å². The summed E-state index contributed by atoms with van der Waals surface area (Å²) in [4.78, 5) is 12.8. The van der Waals surface area contributed by atoms with Crippen molar-refractivity contribution in [3.63, 3.8) is 0 Å². The minimum Gasteiger partial charge on any atom is -0.397 e. The van der Waals surface area contributed by atoms with E-state index < -0.39 is 0 Å². The summed E-state index contributed by atoms with van der Waals surface area (Å²) in [5, 5.41) is 0. The highest BCUT2D eigenvalue weighted by atomic mass is 14.8. The van der Waals surface area contributed by atoms with Gasteiger partial charge in [0.05, 0.1) is 68.2 Å². The van der Waals surface area contributed by atoms with E-state index in [2.05, 4.69) is 15.0 Å². The molecule has 0 radical (unpaired) electrons. The van der Waals surface area contributed by atoms with Crippen LogP contribution < -0.4 is 51.6 Å². The van der Waals surface area contributed by atoms with Crippen LogP contribution in [0, 0.1) is 0 Å². The van der Waals surface area contributed by atoms with Crippen molar-refractivity contribution in [2.24, 2.45) is 15.0 Å². The lowest BCUT2D eigenvalue weighted by Gasteiger charge is -2.06. The summed E-state index contributed by atoms with van der Waals surface area (Å²) in [6.45, 7) is 11.4. The lowest BCUT2D eigenvalue weighted by molar-refractivity contribution is 1.43. The molecule has 210 valence electrons. The van der Waals surface area contributed by atoms with E-state index in [-0.39, 0.29) is 0 Å². The molecule has 0 saturated carbocycles. The molecule has 3 aromatic carbocycles. The molecule has 39 heavy (non-hydrogen) atoms. The molecular weight excluding hydrogens is 492 g/mol. The Morgan fingerprint density at radius 2 is 0.513 bits per heavy atom. The Morgan fingerprint density at radius 1 is 0.333 bits per heavy atom. The molecule has 12 nitrogen and oxygen atoms in total. The zero-order valence-electron chi connectivity index (χ0n) is 23.5. The van der Waals surface area contributed by atoms with Crippen LogP contribution >= 0.6 is 0 Å². The Kier molecular flexibility index (Phi) is 11.4. The predicted octanol–water partition coefficient (Wildman–Crippen LogP) is 4.64. The third-order valence-electron chi connectivity index (χ3n) is 4.73. The molecule has 0 saturated heterocycles. The van der Waals surface area contributed by atoms with Crippen LogP contribution in [0.5, 0.6) is 0 Å². The normalized spacial score (nSPS) is 9.69. The van der Waals surface area contributed by atoms with Gasteiger partial charge in [-0.05, 0) is 77.9 Å². The highest BCUT2D eigenvalue weighted by Crippen LogP contribution is 2.33. The number of rotatable bonds is 3. The smallest absolute Gasteiger partial charge is 0.0880 e. The monoisotopic (exact) mass is 534 g/mol. The molecule has 3 rings (SSSR count). The zero-order valence-corrected chi connectivity index (χ0v) is 23.5. The van der Waals surface area contributed by atoms with Crippen LogP contribution in [0.2, 0.25) is 0 Å². The van der Waals surface area contributed by atoms with Crippen LogP contribution in [0.4, 0.5) is 68.2 Å². The van der Waals surface area contributed by atoms with Gasteiger partial charge in [-0.15, -0.1) is 0 Å². The van der Waals surface area contributed by atoms with Crippen molar-refractivity contribution in [3.8, 4) is 0 Å². The van der Waals surface area contributed by atoms with Crippen molar-refractivity contribution in [2.75, 3.05) is 51.6 Å². The minimum atomic E-state index is 0.465. The van der Waals surface area contributed by atoms with Gasteiger partial charge < -0.3 is 51.6 Å². The van der Waals surface area contributed by atoms with Crippen LogP contribution in [0.15, 0.2) is 51.4 Å². The first-order valence-corrected chi connectivity index (χ1v) is 11.9. The molecule has 0 atom stereocenters. The van der Waals surface area contributed by atoms with Crippen molar-refractivity contribution in [2.45, 2.75) is 41.5 Å². The summed E-state index contributed by atoms with van der Waals surface area (Å²) in [5.41, 5.74) is 59.8. The topological polar surface area (TPSA) is 271 Å². The molecule has 0 aliphatic heterocycles. The minimum absolute atomic E-state index is 0.465. The van der Waals surface area contributed by atoms with E-state index in [0.29, 0.717) is 68.2 Å². The number of nitrogens with zero attached hydrogens (tertiary/aromatic N) is 3. The first-order valence-electron chi connectivity index (χ1n) is 11.9. The lowest BCUT2D eigenvalue weighted by Crippen LogP contribution is -2.00. The maximum atomic E-state index is 5.88. The molecule has 0 amide bonds. The standard InChI is InChI=1S/C12H18N4.C9H14N4.C6H10N4/c1-7(2)15-11-5-10(14)12(6-9(11)13)16-8(3)4;1-5(2)13-9-4-7(11)6(10)3-8(9)12;7-3-1-4(8)6(10)2-5(3)9/h5-6H,13-14H2,1-4H3;3-4H,10-12H2,1-2H3;1-2H,7-10H2. The Hall–Kier alpha value is -5.13. The first kappa shape index (κ1) is 31.9. The summed E-state index contributed by atoms with van der Waals surface area (Å²) < 4.78 is 0. The second kappa shape index (κ2) is 14.0. The molecule has 18 N–H and O–H groups in total. The van der Waals surface area contributed by atoms with E-state index in [1.165, 1.54) is 0 Å². The maximum Gasteiger partial charge on any atom is 0.0880 e. The second-order valence-electron chi connectivity index (χ2n) is 9.30. The first-order chi connectivity index (χ1) is 18.0. The molecule has 0 aliphatic carbocycles. The SMILES string of the molecule is CC(C)=Nc1cc(N)c(N)cc1N.CC(C)=Nc1cc(N)c(N=C(C)C)cc1N.Nc1cc(N)c(N)cc1N. The Balaban J connectivity index is 0.000000300. The Labute approximate surface area is 230 Å². The van der Waals surface area contributed by atoms with Gasteiger partial charge in [0.2, 0.25) is 0 Å². The van der Waals surface area contributed by atoms with Crippen LogP contribution in [-0.4, -0.2) is 17.1 Å². The van der Waals surface area contributed by atoms with Crippen LogP contribution in [0.1, 0.15) is 41.5 Å². The van der Waals surface area contributed by atoms with Crippen molar-refractivity contribution in [1.82, 2.24) is 0 Å². The summed E-state index contributed by atoms with van der Waals surface area (Å²) >= 11 is 0. The molecule has 3 aromatic rings. The van der Waals surface area contributed by atoms with E-state index in [9.17, 15) is 0 Å². The van der Waals surface area contributed by atoms with Gasteiger partial charge in [0, 0.05) is 17.1 Å². The Morgan fingerprint density at radius 3 is 0.769 bits per heavy atom. The molecule has 0 bridgehead atoms. The summed E-state index contributed by atoms with van der Waals surface area (Å²) in [5.74, 6) is 0. The number of nitrogen functional groups attached to an aromatic ring is 9. The molecule has 0 heterocycles. The zero-order chi connectivity index (χ0) is 30.0. The quantitative estimate of drug-likeness (QED) is 0.167. The molecule has 0 spiro atoms. The summed E-state index contributed by atoms with van der Waals surface area (Å²) in [6, 6.07) is 9.90. The van der Waals surface area contributed by atoms with E-state index >= 15 is 0 Å². The number of hydrogen-bond acceptors (Lipinski definition) is 12. The van der Waals surface area contributed by atoms with Gasteiger partial charge in [-0.2, -0.15) is 0 Å². The van der Waals surface area contributed by atoms with E-state index in [4.69, 9.17) is 51.6 Å².